The Labute approximate surface area is 167 Å². The van der Waals surface area contributed by atoms with Crippen molar-refractivity contribution in [2.24, 2.45) is 4.99 Å². The first kappa shape index (κ1) is 18.0. The number of benzene rings is 3. The predicted octanol–water partition coefficient (Wildman–Crippen LogP) is 5.26. The third-order valence-electron chi connectivity index (χ3n) is 4.17. The average Bonchev–Trinajstić information content (AvgIpc) is 3.08. The minimum atomic E-state index is -0.521. The van der Waals surface area contributed by atoms with Gasteiger partial charge in [0.05, 0.1) is 10.6 Å². The molecule has 0 bridgehead atoms. The van der Waals surface area contributed by atoms with Crippen LogP contribution >= 0.6 is 11.6 Å². The van der Waals surface area contributed by atoms with Crippen LogP contribution in [0, 0.1) is 0 Å². The molecule has 0 radical (unpaired) electrons. The highest BCUT2D eigenvalue weighted by Gasteiger charge is 2.25. The highest BCUT2D eigenvalue weighted by Crippen LogP contribution is 2.27. The van der Waals surface area contributed by atoms with Crippen LogP contribution in [0.4, 0.5) is 0 Å². The Balaban J connectivity index is 1.60. The van der Waals surface area contributed by atoms with Gasteiger partial charge in [-0.1, -0.05) is 72.3 Å². The van der Waals surface area contributed by atoms with Gasteiger partial charge in [0.2, 0.25) is 5.90 Å². The molecule has 0 saturated carbocycles. The molecule has 4 rings (SSSR count). The molecule has 0 amide bonds. The van der Waals surface area contributed by atoms with E-state index in [0.717, 1.165) is 11.1 Å². The number of halogens is 1. The summed E-state index contributed by atoms with van der Waals surface area (Å²) in [5.74, 6) is 0.338. The van der Waals surface area contributed by atoms with Gasteiger partial charge in [-0.3, -0.25) is 0 Å². The van der Waals surface area contributed by atoms with Crippen molar-refractivity contribution in [2.75, 3.05) is 0 Å². The maximum absolute atomic E-state index is 12.3. The average molecular weight is 390 g/mol. The Morgan fingerprint density at radius 1 is 0.929 bits per heavy atom. The summed E-state index contributed by atoms with van der Waals surface area (Å²) < 4.78 is 11.2. The van der Waals surface area contributed by atoms with Crippen molar-refractivity contribution in [3.05, 3.63) is 106 Å². The highest BCUT2D eigenvalue weighted by atomic mass is 35.5. The molecule has 0 saturated heterocycles. The second-order valence-corrected chi connectivity index (χ2v) is 6.54. The lowest BCUT2D eigenvalue weighted by Gasteiger charge is -2.09. The number of carbonyl (C=O) groups is 1. The quantitative estimate of drug-likeness (QED) is 0.441. The molecule has 5 heteroatoms. The summed E-state index contributed by atoms with van der Waals surface area (Å²) in [7, 11) is 0. The van der Waals surface area contributed by atoms with E-state index in [9.17, 15) is 4.79 Å². The van der Waals surface area contributed by atoms with Crippen molar-refractivity contribution in [2.45, 2.75) is 6.61 Å². The van der Waals surface area contributed by atoms with Gasteiger partial charge in [-0.15, -0.1) is 0 Å². The number of hydrogen-bond acceptors (Lipinski definition) is 4. The first-order valence-corrected chi connectivity index (χ1v) is 9.12. The van der Waals surface area contributed by atoms with E-state index in [1.165, 1.54) is 0 Å². The highest BCUT2D eigenvalue weighted by molar-refractivity contribution is 6.34. The number of carbonyl (C=O) groups excluding carboxylic acids is 1. The molecule has 1 aliphatic rings. The molecule has 3 aromatic carbocycles. The zero-order chi connectivity index (χ0) is 19.3. The number of esters is 1. The summed E-state index contributed by atoms with van der Waals surface area (Å²) in [5.41, 5.74) is 2.58. The van der Waals surface area contributed by atoms with Crippen LogP contribution in [0.2, 0.25) is 5.02 Å². The van der Waals surface area contributed by atoms with Crippen molar-refractivity contribution in [1.29, 1.82) is 0 Å². The number of cyclic esters (lactones) is 1. The van der Waals surface area contributed by atoms with Gasteiger partial charge in [-0.25, -0.2) is 9.79 Å². The first-order valence-electron chi connectivity index (χ1n) is 8.74. The summed E-state index contributed by atoms with van der Waals surface area (Å²) in [6.07, 6.45) is 1.66. The van der Waals surface area contributed by atoms with Gasteiger partial charge in [-0.05, 0) is 29.8 Å². The summed E-state index contributed by atoms with van der Waals surface area (Å²) >= 11 is 6.17. The minimum absolute atomic E-state index is 0.199. The maximum atomic E-state index is 12.3. The van der Waals surface area contributed by atoms with E-state index in [-0.39, 0.29) is 11.6 Å². The van der Waals surface area contributed by atoms with Crippen LogP contribution in [-0.4, -0.2) is 11.9 Å². The lowest BCUT2D eigenvalue weighted by molar-refractivity contribution is -0.129. The number of para-hydroxylation sites is 1. The Kier molecular flexibility index (Phi) is 5.22. The van der Waals surface area contributed by atoms with Crippen LogP contribution in [0.1, 0.15) is 16.7 Å². The van der Waals surface area contributed by atoms with Gasteiger partial charge in [0.1, 0.15) is 12.4 Å². The lowest BCUT2D eigenvalue weighted by atomic mass is 10.1. The van der Waals surface area contributed by atoms with E-state index < -0.39 is 5.97 Å². The number of ether oxygens (including phenoxy) is 2. The van der Waals surface area contributed by atoms with E-state index in [0.29, 0.717) is 22.9 Å². The molecule has 0 aliphatic carbocycles. The maximum Gasteiger partial charge on any atom is 0.363 e. The monoisotopic (exact) mass is 389 g/mol. The van der Waals surface area contributed by atoms with Crippen LogP contribution in [0.25, 0.3) is 6.08 Å². The Morgan fingerprint density at radius 2 is 1.64 bits per heavy atom. The summed E-state index contributed by atoms with van der Waals surface area (Å²) in [6, 6.07) is 24.5. The van der Waals surface area contributed by atoms with E-state index in [2.05, 4.69) is 4.99 Å². The molecule has 138 valence electrons. The second kappa shape index (κ2) is 8.11. The standard InChI is InChI=1S/C23H16ClNO3/c24-19-12-6-5-11-18(19)22-25-20(23(26)28-22)14-17-10-4-7-13-21(17)27-15-16-8-2-1-3-9-16/h1-14H,15H2/b20-14-. The Hall–Kier alpha value is -3.37. The van der Waals surface area contributed by atoms with Crippen LogP contribution in [0.5, 0.6) is 5.75 Å². The molecule has 3 aromatic rings. The predicted molar refractivity (Wildman–Crippen MR) is 109 cm³/mol. The zero-order valence-electron chi connectivity index (χ0n) is 14.8. The van der Waals surface area contributed by atoms with Gasteiger partial charge in [0, 0.05) is 5.56 Å². The van der Waals surface area contributed by atoms with E-state index in [1.54, 1.807) is 24.3 Å². The van der Waals surface area contributed by atoms with E-state index in [1.807, 2.05) is 60.7 Å². The zero-order valence-corrected chi connectivity index (χ0v) is 15.6. The number of nitrogens with zero attached hydrogens (tertiary/aromatic N) is 1. The normalized spacial score (nSPS) is 14.7. The third kappa shape index (κ3) is 3.97. The molecule has 1 heterocycles. The van der Waals surface area contributed by atoms with Crippen molar-refractivity contribution >= 4 is 29.5 Å². The fraction of sp³-hybridized carbons (Fsp3) is 0.0435. The van der Waals surface area contributed by atoms with Gasteiger partial charge in [0.25, 0.3) is 0 Å². The molecule has 4 nitrogen and oxygen atoms in total. The molecule has 1 aliphatic heterocycles. The molecular weight excluding hydrogens is 374 g/mol. The van der Waals surface area contributed by atoms with Gasteiger partial charge >= 0.3 is 5.97 Å². The van der Waals surface area contributed by atoms with Crippen molar-refractivity contribution in [3.8, 4) is 5.75 Å². The summed E-state index contributed by atoms with van der Waals surface area (Å²) in [6.45, 7) is 0.430. The summed E-state index contributed by atoms with van der Waals surface area (Å²) in [4.78, 5) is 16.6. The fourth-order valence-electron chi connectivity index (χ4n) is 2.77. The van der Waals surface area contributed by atoms with Crippen molar-refractivity contribution in [3.63, 3.8) is 0 Å². The second-order valence-electron chi connectivity index (χ2n) is 6.13. The van der Waals surface area contributed by atoms with Crippen LogP contribution in [-0.2, 0) is 16.1 Å². The SMILES string of the molecule is O=C1OC(c2ccccc2Cl)=N/C1=C\c1ccccc1OCc1ccccc1. The molecule has 0 atom stereocenters. The van der Waals surface area contributed by atoms with Crippen LogP contribution in [0.15, 0.2) is 89.6 Å². The topological polar surface area (TPSA) is 47.9 Å². The molecule has 0 spiro atoms. The van der Waals surface area contributed by atoms with Crippen LogP contribution in [0.3, 0.4) is 0 Å². The van der Waals surface area contributed by atoms with E-state index in [4.69, 9.17) is 21.1 Å². The Bertz CT molecular complexity index is 1070. The van der Waals surface area contributed by atoms with Gasteiger partial charge in [0.15, 0.2) is 5.70 Å². The van der Waals surface area contributed by atoms with Crippen molar-refractivity contribution in [1.82, 2.24) is 0 Å². The minimum Gasteiger partial charge on any atom is -0.488 e. The largest absolute Gasteiger partial charge is 0.488 e. The fourth-order valence-corrected chi connectivity index (χ4v) is 2.99. The van der Waals surface area contributed by atoms with Gasteiger partial charge in [-0.2, -0.15) is 0 Å². The smallest absolute Gasteiger partial charge is 0.363 e. The third-order valence-corrected chi connectivity index (χ3v) is 4.50. The molecule has 28 heavy (non-hydrogen) atoms. The van der Waals surface area contributed by atoms with Gasteiger partial charge < -0.3 is 9.47 Å². The molecule has 0 unspecified atom stereocenters. The number of rotatable bonds is 5. The molecule has 0 fully saturated rings. The lowest BCUT2D eigenvalue weighted by Crippen LogP contribution is -2.05. The number of hydrogen-bond donors (Lipinski definition) is 0. The molecular formula is C23H16ClNO3. The molecule has 0 aromatic heterocycles. The number of aliphatic imine (C=N–C) groups is 1. The van der Waals surface area contributed by atoms with Crippen LogP contribution < -0.4 is 4.74 Å². The van der Waals surface area contributed by atoms with Crippen molar-refractivity contribution < 1.29 is 14.3 Å². The summed E-state index contributed by atoms with van der Waals surface area (Å²) in [5, 5.41) is 0.474. The first-order chi connectivity index (χ1) is 13.7. The van der Waals surface area contributed by atoms with E-state index >= 15 is 0 Å². The Morgan fingerprint density at radius 3 is 2.46 bits per heavy atom. The molecule has 0 N–H and O–H groups in total.